The van der Waals surface area contributed by atoms with Gasteiger partial charge in [-0.1, -0.05) is 17.7 Å². The SMILES string of the molecule is COc1ccc(C(=N)N)c(Oc2ccc(C)cc2Cl)c1. The van der Waals surface area contributed by atoms with Crippen molar-refractivity contribution in [1.29, 1.82) is 5.41 Å². The van der Waals surface area contributed by atoms with Gasteiger partial charge in [0, 0.05) is 6.07 Å². The van der Waals surface area contributed by atoms with Crippen molar-refractivity contribution in [3.05, 3.63) is 52.5 Å². The van der Waals surface area contributed by atoms with E-state index in [1.807, 2.05) is 19.1 Å². The third-order valence-electron chi connectivity index (χ3n) is 2.79. The van der Waals surface area contributed by atoms with E-state index in [0.717, 1.165) is 5.56 Å². The van der Waals surface area contributed by atoms with Crippen LogP contribution in [-0.4, -0.2) is 12.9 Å². The molecule has 0 aliphatic heterocycles. The van der Waals surface area contributed by atoms with Gasteiger partial charge < -0.3 is 15.2 Å². The van der Waals surface area contributed by atoms with Crippen LogP contribution in [0.25, 0.3) is 0 Å². The maximum atomic E-state index is 7.58. The van der Waals surface area contributed by atoms with Gasteiger partial charge in [-0.2, -0.15) is 0 Å². The van der Waals surface area contributed by atoms with Crippen LogP contribution in [0, 0.1) is 12.3 Å². The summed E-state index contributed by atoms with van der Waals surface area (Å²) in [6.07, 6.45) is 0. The molecule has 0 fully saturated rings. The van der Waals surface area contributed by atoms with Gasteiger partial charge in [-0.25, -0.2) is 0 Å². The van der Waals surface area contributed by atoms with Gasteiger partial charge in [0.25, 0.3) is 0 Å². The first-order valence-corrected chi connectivity index (χ1v) is 6.35. The molecule has 2 aromatic rings. The summed E-state index contributed by atoms with van der Waals surface area (Å²) in [6.45, 7) is 1.95. The Labute approximate surface area is 122 Å². The largest absolute Gasteiger partial charge is 0.497 e. The summed E-state index contributed by atoms with van der Waals surface area (Å²) in [5.74, 6) is 1.48. The number of hydrogen-bond donors (Lipinski definition) is 2. The molecular formula is C15H15ClN2O2. The molecule has 5 heteroatoms. The second kappa shape index (κ2) is 5.84. The maximum absolute atomic E-state index is 7.58. The van der Waals surface area contributed by atoms with Gasteiger partial charge >= 0.3 is 0 Å². The number of amidine groups is 1. The molecule has 4 nitrogen and oxygen atoms in total. The van der Waals surface area contributed by atoms with E-state index >= 15 is 0 Å². The van der Waals surface area contributed by atoms with Gasteiger partial charge in [0.05, 0.1) is 17.7 Å². The molecule has 0 atom stereocenters. The second-order valence-electron chi connectivity index (χ2n) is 4.31. The minimum absolute atomic E-state index is 0.0779. The van der Waals surface area contributed by atoms with Crippen LogP contribution in [0.4, 0.5) is 0 Å². The Hall–Kier alpha value is -2.20. The van der Waals surface area contributed by atoms with Gasteiger partial charge in [-0.05, 0) is 36.8 Å². The van der Waals surface area contributed by atoms with Crippen molar-refractivity contribution in [3.8, 4) is 17.2 Å². The number of methoxy groups -OCH3 is 1. The van der Waals surface area contributed by atoms with E-state index in [-0.39, 0.29) is 5.84 Å². The molecule has 0 heterocycles. The number of nitrogens with one attached hydrogen (secondary N) is 1. The van der Waals surface area contributed by atoms with E-state index in [2.05, 4.69) is 0 Å². The zero-order valence-electron chi connectivity index (χ0n) is 11.2. The summed E-state index contributed by atoms with van der Waals surface area (Å²) in [5.41, 5.74) is 7.08. The summed E-state index contributed by atoms with van der Waals surface area (Å²) in [4.78, 5) is 0. The lowest BCUT2D eigenvalue weighted by molar-refractivity contribution is 0.409. The Balaban J connectivity index is 2.43. The molecule has 20 heavy (non-hydrogen) atoms. The fourth-order valence-corrected chi connectivity index (χ4v) is 2.02. The smallest absolute Gasteiger partial charge is 0.146 e. The lowest BCUT2D eigenvalue weighted by Crippen LogP contribution is -2.12. The number of nitrogens with two attached hydrogens (primary N) is 1. The van der Waals surface area contributed by atoms with Crippen LogP contribution in [0.2, 0.25) is 5.02 Å². The predicted octanol–water partition coefficient (Wildman–Crippen LogP) is 3.73. The van der Waals surface area contributed by atoms with Crippen LogP contribution in [0.1, 0.15) is 11.1 Å². The van der Waals surface area contributed by atoms with E-state index < -0.39 is 0 Å². The van der Waals surface area contributed by atoms with Crippen LogP contribution < -0.4 is 15.2 Å². The van der Waals surface area contributed by atoms with E-state index in [9.17, 15) is 0 Å². The van der Waals surface area contributed by atoms with E-state index in [1.165, 1.54) is 0 Å². The first kappa shape index (κ1) is 14.2. The summed E-state index contributed by atoms with van der Waals surface area (Å²) >= 11 is 6.14. The van der Waals surface area contributed by atoms with Crippen molar-refractivity contribution < 1.29 is 9.47 Å². The third kappa shape index (κ3) is 3.03. The standard InChI is InChI=1S/C15H15ClN2O2/c1-9-3-6-13(12(16)7-9)20-14-8-10(19-2)4-5-11(14)15(17)18/h3-8H,1-2H3,(H3,17,18). The Morgan fingerprint density at radius 1 is 1.15 bits per heavy atom. The Kier molecular flexibility index (Phi) is 4.15. The molecular weight excluding hydrogens is 276 g/mol. The monoisotopic (exact) mass is 290 g/mol. The lowest BCUT2D eigenvalue weighted by atomic mass is 10.1. The molecule has 2 aromatic carbocycles. The number of halogens is 1. The molecule has 0 radical (unpaired) electrons. The fourth-order valence-electron chi connectivity index (χ4n) is 1.74. The second-order valence-corrected chi connectivity index (χ2v) is 4.72. The molecule has 0 bridgehead atoms. The Morgan fingerprint density at radius 2 is 1.90 bits per heavy atom. The quantitative estimate of drug-likeness (QED) is 0.666. The number of benzene rings is 2. The van der Waals surface area contributed by atoms with Crippen molar-refractivity contribution in [2.45, 2.75) is 6.92 Å². The van der Waals surface area contributed by atoms with E-state index in [0.29, 0.717) is 27.8 Å². The first-order valence-electron chi connectivity index (χ1n) is 5.97. The summed E-state index contributed by atoms with van der Waals surface area (Å²) < 4.78 is 10.9. The summed E-state index contributed by atoms with van der Waals surface area (Å²) in [6, 6.07) is 10.6. The van der Waals surface area contributed by atoms with Crippen molar-refractivity contribution in [2.24, 2.45) is 5.73 Å². The molecule has 0 aliphatic rings. The average Bonchev–Trinajstić information content (AvgIpc) is 2.41. The zero-order chi connectivity index (χ0) is 14.7. The molecule has 2 rings (SSSR count). The zero-order valence-corrected chi connectivity index (χ0v) is 12.0. The Morgan fingerprint density at radius 3 is 2.50 bits per heavy atom. The number of hydrogen-bond acceptors (Lipinski definition) is 3. The van der Waals surface area contributed by atoms with Crippen LogP contribution >= 0.6 is 11.6 Å². The molecule has 0 aliphatic carbocycles. The van der Waals surface area contributed by atoms with Gasteiger partial charge in [-0.3, -0.25) is 5.41 Å². The molecule has 104 valence electrons. The fraction of sp³-hybridized carbons (Fsp3) is 0.133. The van der Waals surface area contributed by atoms with Crippen LogP contribution in [0.15, 0.2) is 36.4 Å². The van der Waals surface area contributed by atoms with Crippen LogP contribution in [-0.2, 0) is 0 Å². The normalized spacial score (nSPS) is 10.2. The minimum Gasteiger partial charge on any atom is -0.497 e. The highest BCUT2D eigenvalue weighted by Crippen LogP contribution is 2.33. The van der Waals surface area contributed by atoms with Gasteiger partial charge in [-0.15, -0.1) is 0 Å². The van der Waals surface area contributed by atoms with Crippen molar-refractivity contribution in [1.82, 2.24) is 0 Å². The maximum Gasteiger partial charge on any atom is 0.146 e. The Bertz CT molecular complexity index is 656. The molecule has 0 amide bonds. The highest BCUT2D eigenvalue weighted by Gasteiger charge is 2.11. The van der Waals surface area contributed by atoms with Crippen molar-refractivity contribution in [2.75, 3.05) is 7.11 Å². The van der Waals surface area contributed by atoms with Gasteiger partial charge in [0.1, 0.15) is 23.1 Å². The summed E-state index contributed by atoms with van der Waals surface area (Å²) in [7, 11) is 1.56. The average molecular weight is 291 g/mol. The first-order chi connectivity index (χ1) is 9.51. The molecule has 3 N–H and O–H groups in total. The van der Waals surface area contributed by atoms with E-state index in [4.69, 9.17) is 32.2 Å². The predicted molar refractivity (Wildman–Crippen MR) is 80.3 cm³/mol. The van der Waals surface area contributed by atoms with Crippen molar-refractivity contribution >= 4 is 17.4 Å². The van der Waals surface area contributed by atoms with E-state index in [1.54, 1.807) is 31.4 Å². The van der Waals surface area contributed by atoms with Gasteiger partial charge in [0.2, 0.25) is 0 Å². The number of aryl methyl sites for hydroxylation is 1. The van der Waals surface area contributed by atoms with Crippen molar-refractivity contribution in [3.63, 3.8) is 0 Å². The van der Waals surface area contributed by atoms with Gasteiger partial charge in [0.15, 0.2) is 0 Å². The molecule has 0 unspecified atom stereocenters. The molecule has 0 saturated heterocycles. The van der Waals surface area contributed by atoms with Crippen LogP contribution in [0.3, 0.4) is 0 Å². The number of ether oxygens (including phenoxy) is 2. The number of nitrogen functional groups attached to an aromatic ring is 1. The highest BCUT2D eigenvalue weighted by atomic mass is 35.5. The third-order valence-corrected chi connectivity index (χ3v) is 3.08. The molecule has 0 saturated carbocycles. The number of rotatable bonds is 4. The topological polar surface area (TPSA) is 68.3 Å². The minimum atomic E-state index is -0.0779. The van der Waals surface area contributed by atoms with Crippen LogP contribution in [0.5, 0.6) is 17.2 Å². The summed E-state index contributed by atoms with van der Waals surface area (Å²) in [5, 5.41) is 8.08. The molecule has 0 aromatic heterocycles. The lowest BCUT2D eigenvalue weighted by Gasteiger charge is -2.13. The molecule has 0 spiro atoms. The highest BCUT2D eigenvalue weighted by molar-refractivity contribution is 6.32.